The molecule has 0 unspecified atom stereocenters. The SMILES string of the molecule is COC[CH]c1cc(F)cc(C(F)(F)F)c1. The van der Waals surface area contributed by atoms with Crippen molar-refractivity contribution in [3.63, 3.8) is 0 Å². The van der Waals surface area contributed by atoms with Gasteiger partial charge in [-0.25, -0.2) is 4.39 Å². The van der Waals surface area contributed by atoms with Crippen molar-refractivity contribution in [2.24, 2.45) is 0 Å². The molecule has 0 saturated carbocycles. The summed E-state index contributed by atoms with van der Waals surface area (Å²) >= 11 is 0. The minimum absolute atomic E-state index is 0.140. The van der Waals surface area contributed by atoms with Crippen molar-refractivity contribution in [3.05, 3.63) is 41.6 Å². The van der Waals surface area contributed by atoms with Crippen LogP contribution < -0.4 is 0 Å². The monoisotopic (exact) mass is 221 g/mol. The Bertz CT molecular complexity index is 333. The van der Waals surface area contributed by atoms with E-state index in [0.717, 1.165) is 12.1 Å². The van der Waals surface area contributed by atoms with Gasteiger partial charge in [-0.1, -0.05) is 0 Å². The third kappa shape index (κ3) is 3.51. The number of rotatable bonds is 3. The summed E-state index contributed by atoms with van der Waals surface area (Å²) in [5, 5.41) is 0. The van der Waals surface area contributed by atoms with Crippen molar-refractivity contribution in [2.75, 3.05) is 13.7 Å². The van der Waals surface area contributed by atoms with Crippen LogP contribution in [0, 0.1) is 12.2 Å². The van der Waals surface area contributed by atoms with E-state index in [9.17, 15) is 17.6 Å². The second kappa shape index (κ2) is 4.61. The van der Waals surface area contributed by atoms with Crippen LogP contribution in [0.3, 0.4) is 0 Å². The number of halogens is 4. The molecule has 0 saturated heterocycles. The van der Waals surface area contributed by atoms with Crippen LogP contribution in [0.15, 0.2) is 18.2 Å². The smallest absolute Gasteiger partial charge is 0.384 e. The number of hydrogen-bond acceptors (Lipinski definition) is 1. The van der Waals surface area contributed by atoms with Crippen LogP contribution in [0.4, 0.5) is 17.6 Å². The van der Waals surface area contributed by atoms with E-state index in [0.29, 0.717) is 6.07 Å². The lowest BCUT2D eigenvalue weighted by molar-refractivity contribution is -0.137. The average molecular weight is 221 g/mol. The molecule has 0 N–H and O–H groups in total. The van der Waals surface area contributed by atoms with Gasteiger partial charge < -0.3 is 4.74 Å². The van der Waals surface area contributed by atoms with Gasteiger partial charge in [0.25, 0.3) is 0 Å². The summed E-state index contributed by atoms with van der Waals surface area (Å²) in [5.74, 6) is -0.910. The van der Waals surface area contributed by atoms with Gasteiger partial charge in [0.05, 0.1) is 12.2 Å². The molecule has 5 heteroatoms. The quantitative estimate of drug-likeness (QED) is 0.713. The van der Waals surface area contributed by atoms with Crippen molar-refractivity contribution in [2.45, 2.75) is 6.18 Å². The number of benzene rings is 1. The van der Waals surface area contributed by atoms with E-state index in [1.54, 1.807) is 0 Å². The van der Waals surface area contributed by atoms with Crippen LogP contribution >= 0.6 is 0 Å². The normalized spacial score (nSPS) is 11.8. The highest BCUT2D eigenvalue weighted by Crippen LogP contribution is 2.30. The van der Waals surface area contributed by atoms with Crippen LogP contribution in [0.5, 0.6) is 0 Å². The average Bonchev–Trinajstić information content (AvgIpc) is 2.12. The lowest BCUT2D eigenvalue weighted by atomic mass is 10.1. The van der Waals surface area contributed by atoms with Crippen molar-refractivity contribution in [3.8, 4) is 0 Å². The van der Waals surface area contributed by atoms with Crippen LogP contribution in [0.1, 0.15) is 11.1 Å². The summed E-state index contributed by atoms with van der Waals surface area (Å²) in [6, 6.07) is 2.36. The first-order chi connectivity index (χ1) is 6.93. The Labute approximate surface area is 84.7 Å². The molecule has 0 atom stereocenters. The molecular weight excluding hydrogens is 212 g/mol. The van der Waals surface area contributed by atoms with E-state index in [-0.39, 0.29) is 12.2 Å². The summed E-state index contributed by atoms with van der Waals surface area (Å²) in [6.45, 7) is 0.140. The van der Waals surface area contributed by atoms with Gasteiger partial charge in [-0.2, -0.15) is 13.2 Å². The van der Waals surface area contributed by atoms with Gasteiger partial charge in [-0.15, -0.1) is 0 Å². The van der Waals surface area contributed by atoms with Crippen LogP contribution in [0.2, 0.25) is 0 Å². The molecule has 1 rings (SSSR count). The van der Waals surface area contributed by atoms with Crippen molar-refractivity contribution >= 4 is 0 Å². The fourth-order valence-corrected chi connectivity index (χ4v) is 1.07. The van der Waals surface area contributed by atoms with Crippen LogP contribution in [0.25, 0.3) is 0 Å². The van der Waals surface area contributed by atoms with E-state index < -0.39 is 17.6 Å². The molecule has 0 spiro atoms. The number of hydrogen-bond donors (Lipinski definition) is 0. The Hall–Kier alpha value is -1.10. The highest BCUT2D eigenvalue weighted by atomic mass is 19.4. The fourth-order valence-electron chi connectivity index (χ4n) is 1.07. The van der Waals surface area contributed by atoms with Crippen molar-refractivity contribution < 1.29 is 22.3 Å². The van der Waals surface area contributed by atoms with E-state index in [1.165, 1.54) is 13.5 Å². The molecule has 0 aliphatic rings. The summed E-state index contributed by atoms with van der Waals surface area (Å²) in [6.07, 6.45) is -3.16. The van der Waals surface area contributed by atoms with Gasteiger partial charge in [0.1, 0.15) is 5.82 Å². The summed E-state index contributed by atoms with van der Waals surface area (Å²) in [4.78, 5) is 0. The molecule has 15 heavy (non-hydrogen) atoms. The third-order valence-electron chi connectivity index (χ3n) is 1.73. The lowest BCUT2D eigenvalue weighted by Gasteiger charge is -2.08. The Balaban J connectivity index is 2.95. The molecule has 0 aromatic heterocycles. The standard InChI is InChI=1S/C10H9F4O/c1-15-3-2-7-4-8(10(12,13)14)6-9(11)5-7/h2,4-6H,3H2,1H3. The van der Waals surface area contributed by atoms with E-state index in [4.69, 9.17) is 0 Å². The van der Waals surface area contributed by atoms with Gasteiger partial charge in [-0.3, -0.25) is 0 Å². The largest absolute Gasteiger partial charge is 0.416 e. The molecule has 83 valence electrons. The molecular formula is C10H9F4O. The highest BCUT2D eigenvalue weighted by Gasteiger charge is 2.31. The van der Waals surface area contributed by atoms with Gasteiger partial charge in [0.15, 0.2) is 0 Å². The molecule has 0 aliphatic heterocycles. The number of methoxy groups -OCH3 is 1. The van der Waals surface area contributed by atoms with E-state index in [2.05, 4.69) is 4.74 Å². The van der Waals surface area contributed by atoms with Gasteiger partial charge >= 0.3 is 6.18 Å². The van der Waals surface area contributed by atoms with E-state index >= 15 is 0 Å². The van der Waals surface area contributed by atoms with Crippen molar-refractivity contribution in [1.29, 1.82) is 0 Å². The maximum absolute atomic E-state index is 12.8. The van der Waals surface area contributed by atoms with Gasteiger partial charge in [-0.05, 0) is 23.8 Å². The summed E-state index contributed by atoms with van der Waals surface area (Å²) in [5.41, 5.74) is -0.839. The fraction of sp³-hybridized carbons (Fsp3) is 0.300. The first kappa shape index (κ1) is 12.0. The summed E-state index contributed by atoms with van der Waals surface area (Å²) in [7, 11) is 1.40. The first-order valence-corrected chi connectivity index (χ1v) is 4.13. The zero-order valence-electron chi connectivity index (χ0n) is 7.94. The molecule has 1 radical (unpaired) electrons. The lowest BCUT2D eigenvalue weighted by Crippen LogP contribution is -2.06. The molecule has 1 aromatic rings. The molecule has 0 bridgehead atoms. The minimum atomic E-state index is -4.53. The Morgan fingerprint density at radius 3 is 2.47 bits per heavy atom. The molecule has 0 fully saturated rings. The topological polar surface area (TPSA) is 9.23 Å². The first-order valence-electron chi connectivity index (χ1n) is 4.13. The van der Waals surface area contributed by atoms with E-state index in [1.807, 2.05) is 0 Å². The predicted octanol–water partition coefficient (Wildman–Crippen LogP) is 3.04. The zero-order valence-corrected chi connectivity index (χ0v) is 7.94. The van der Waals surface area contributed by atoms with Crippen LogP contribution in [-0.2, 0) is 10.9 Å². The minimum Gasteiger partial charge on any atom is -0.384 e. The number of ether oxygens (including phenoxy) is 1. The number of alkyl halides is 3. The summed E-state index contributed by atoms with van der Waals surface area (Å²) < 4.78 is 54.3. The molecule has 1 aromatic carbocycles. The molecule has 0 aliphatic carbocycles. The zero-order chi connectivity index (χ0) is 11.5. The second-order valence-electron chi connectivity index (χ2n) is 2.93. The second-order valence-corrected chi connectivity index (χ2v) is 2.93. The maximum Gasteiger partial charge on any atom is 0.416 e. The Kier molecular flexibility index (Phi) is 3.68. The van der Waals surface area contributed by atoms with Gasteiger partial charge in [0, 0.05) is 13.5 Å². The predicted molar refractivity (Wildman–Crippen MR) is 46.7 cm³/mol. The maximum atomic E-state index is 12.8. The third-order valence-corrected chi connectivity index (χ3v) is 1.73. The molecule has 0 heterocycles. The van der Waals surface area contributed by atoms with Crippen LogP contribution in [-0.4, -0.2) is 13.7 Å². The molecule has 1 nitrogen and oxygen atoms in total. The molecule has 0 amide bonds. The highest BCUT2D eigenvalue weighted by molar-refractivity contribution is 5.31. The Morgan fingerprint density at radius 2 is 1.93 bits per heavy atom. The van der Waals surface area contributed by atoms with Crippen molar-refractivity contribution in [1.82, 2.24) is 0 Å². The Morgan fingerprint density at radius 1 is 1.27 bits per heavy atom. The van der Waals surface area contributed by atoms with Gasteiger partial charge in [0.2, 0.25) is 0 Å².